The second kappa shape index (κ2) is 6.49. The summed E-state index contributed by atoms with van der Waals surface area (Å²) in [5, 5.41) is 3.53. The summed E-state index contributed by atoms with van der Waals surface area (Å²) in [5.74, 6) is 0.00929. The van der Waals surface area contributed by atoms with Crippen LogP contribution in [-0.2, 0) is 4.74 Å². The first-order valence-corrected chi connectivity index (χ1v) is 6.66. The number of hydrogen-bond donors (Lipinski definition) is 1. The van der Waals surface area contributed by atoms with E-state index in [0.29, 0.717) is 16.5 Å². The van der Waals surface area contributed by atoms with Crippen LogP contribution in [0.5, 0.6) is 5.75 Å². The lowest BCUT2D eigenvalue weighted by molar-refractivity contribution is 0.0519. The molecular weight excluding hydrogens is 296 g/mol. The summed E-state index contributed by atoms with van der Waals surface area (Å²) < 4.78 is 15.3. The van der Waals surface area contributed by atoms with Crippen LogP contribution >= 0.6 is 11.6 Å². The van der Waals surface area contributed by atoms with Crippen LogP contribution < -0.4 is 10.1 Å². The molecule has 2 rings (SSSR count). The summed E-state index contributed by atoms with van der Waals surface area (Å²) in [6, 6.07) is 3.65. The van der Waals surface area contributed by atoms with Crippen LogP contribution in [0.1, 0.15) is 23.0 Å². The van der Waals surface area contributed by atoms with Gasteiger partial charge in [-0.3, -0.25) is 0 Å². The van der Waals surface area contributed by atoms with Gasteiger partial charge in [0.05, 0.1) is 19.4 Å². The van der Waals surface area contributed by atoms with E-state index in [-0.39, 0.29) is 18.3 Å². The molecule has 0 bridgehead atoms. The number of carbonyl (C=O) groups excluding carboxylic acids is 1. The molecule has 6 nitrogen and oxygen atoms in total. The fourth-order valence-corrected chi connectivity index (χ4v) is 1.83. The molecule has 112 valence electrons. The number of rotatable bonds is 5. The van der Waals surface area contributed by atoms with E-state index in [9.17, 15) is 4.79 Å². The van der Waals surface area contributed by atoms with Gasteiger partial charge in [-0.2, -0.15) is 4.98 Å². The molecule has 0 aliphatic heterocycles. The maximum atomic E-state index is 11.5. The molecule has 0 amide bonds. The van der Waals surface area contributed by atoms with Gasteiger partial charge < -0.3 is 19.2 Å². The predicted octanol–water partition coefficient (Wildman–Crippen LogP) is 3.57. The van der Waals surface area contributed by atoms with Crippen LogP contribution in [0.25, 0.3) is 0 Å². The number of anilines is 2. The first-order chi connectivity index (χ1) is 10.0. The lowest BCUT2D eigenvalue weighted by Gasteiger charge is -2.10. The fraction of sp³-hybridized carbons (Fsp3) is 0.286. The highest BCUT2D eigenvalue weighted by atomic mass is 35.5. The molecule has 0 atom stereocenters. The van der Waals surface area contributed by atoms with E-state index < -0.39 is 5.97 Å². The molecule has 0 aliphatic rings. The standard InChI is InChI=1S/C14H15ClN2O4/c1-4-20-13(18)11-7-21-14(17-11)16-10-5-8(2)9(15)6-12(10)19-3/h5-7H,4H2,1-3H3,(H,16,17). The van der Waals surface area contributed by atoms with Gasteiger partial charge in [-0.25, -0.2) is 4.79 Å². The van der Waals surface area contributed by atoms with Crippen molar-refractivity contribution in [3.63, 3.8) is 0 Å². The monoisotopic (exact) mass is 310 g/mol. The molecule has 7 heteroatoms. The van der Waals surface area contributed by atoms with Gasteiger partial charge in [0.2, 0.25) is 0 Å². The Balaban J connectivity index is 2.22. The largest absolute Gasteiger partial charge is 0.495 e. The van der Waals surface area contributed by atoms with Crippen LogP contribution in [0.3, 0.4) is 0 Å². The number of aromatic nitrogens is 1. The quantitative estimate of drug-likeness (QED) is 0.851. The van der Waals surface area contributed by atoms with Gasteiger partial charge in [0, 0.05) is 11.1 Å². The lowest BCUT2D eigenvalue weighted by Crippen LogP contribution is -2.05. The summed E-state index contributed by atoms with van der Waals surface area (Å²) in [5.41, 5.74) is 1.61. The average molecular weight is 311 g/mol. The van der Waals surface area contributed by atoms with Crippen molar-refractivity contribution >= 4 is 29.3 Å². The Bertz CT molecular complexity index is 654. The first-order valence-electron chi connectivity index (χ1n) is 6.29. The van der Waals surface area contributed by atoms with Crippen molar-refractivity contribution in [2.45, 2.75) is 13.8 Å². The normalized spacial score (nSPS) is 10.3. The smallest absolute Gasteiger partial charge is 0.360 e. The van der Waals surface area contributed by atoms with E-state index in [1.807, 2.05) is 6.92 Å². The van der Waals surface area contributed by atoms with Gasteiger partial charge in [-0.05, 0) is 25.5 Å². The zero-order valence-electron chi connectivity index (χ0n) is 11.9. The highest BCUT2D eigenvalue weighted by molar-refractivity contribution is 6.31. The van der Waals surface area contributed by atoms with Crippen molar-refractivity contribution in [1.29, 1.82) is 0 Å². The zero-order valence-corrected chi connectivity index (χ0v) is 12.7. The molecule has 0 saturated carbocycles. The van der Waals surface area contributed by atoms with E-state index in [4.69, 9.17) is 25.5 Å². The highest BCUT2D eigenvalue weighted by Crippen LogP contribution is 2.32. The van der Waals surface area contributed by atoms with Crippen LogP contribution in [0, 0.1) is 6.92 Å². The number of oxazole rings is 1. The third kappa shape index (κ3) is 3.46. The topological polar surface area (TPSA) is 73.6 Å². The van der Waals surface area contributed by atoms with Crippen molar-refractivity contribution in [2.75, 3.05) is 19.0 Å². The summed E-state index contributed by atoms with van der Waals surface area (Å²) in [4.78, 5) is 15.5. The van der Waals surface area contributed by atoms with E-state index in [0.717, 1.165) is 5.56 Å². The Kier molecular flexibility index (Phi) is 4.70. The van der Waals surface area contributed by atoms with Crippen molar-refractivity contribution < 1.29 is 18.7 Å². The van der Waals surface area contributed by atoms with Crippen molar-refractivity contribution in [2.24, 2.45) is 0 Å². The number of carbonyl (C=O) groups is 1. The molecule has 0 radical (unpaired) electrons. The number of benzene rings is 1. The summed E-state index contributed by atoms with van der Waals surface area (Å²) in [6.45, 7) is 3.86. The van der Waals surface area contributed by atoms with E-state index in [2.05, 4.69) is 10.3 Å². The second-order valence-corrected chi connectivity index (χ2v) is 4.59. The Morgan fingerprint density at radius 3 is 2.90 bits per heavy atom. The molecule has 0 fully saturated rings. The highest BCUT2D eigenvalue weighted by Gasteiger charge is 2.15. The fourth-order valence-electron chi connectivity index (χ4n) is 1.67. The van der Waals surface area contributed by atoms with Gasteiger partial charge in [-0.15, -0.1) is 0 Å². The van der Waals surface area contributed by atoms with Gasteiger partial charge in [0.1, 0.15) is 12.0 Å². The van der Waals surface area contributed by atoms with Crippen molar-refractivity contribution in [3.05, 3.63) is 34.7 Å². The molecule has 1 aromatic carbocycles. The SMILES string of the molecule is CCOC(=O)c1coc(Nc2cc(C)c(Cl)cc2OC)n1. The Morgan fingerprint density at radius 1 is 1.48 bits per heavy atom. The number of nitrogens with one attached hydrogen (secondary N) is 1. The minimum absolute atomic E-state index is 0.101. The third-order valence-corrected chi connectivity index (χ3v) is 3.12. The zero-order chi connectivity index (χ0) is 15.4. The summed E-state index contributed by atoms with van der Waals surface area (Å²) >= 11 is 6.04. The number of esters is 1. The van der Waals surface area contributed by atoms with Crippen LogP contribution in [0.2, 0.25) is 5.02 Å². The number of hydrogen-bond acceptors (Lipinski definition) is 6. The van der Waals surface area contributed by atoms with Crippen LogP contribution in [-0.4, -0.2) is 24.7 Å². The molecule has 0 aliphatic carbocycles. The van der Waals surface area contributed by atoms with Crippen molar-refractivity contribution in [1.82, 2.24) is 4.98 Å². The maximum Gasteiger partial charge on any atom is 0.360 e. The van der Waals surface area contributed by atoms with Gasteiger partial charge in [0.15, 0.2) is 5.69 Å². The lowest BCUT2D eigenvalue weighted by atomic mass is 10.2. The molecule has 1 N–H and O–H groups in total. The average Bonchev–Trinajstić information content (AvgIpc) is 2.91. The maximum absolute atomic E-state index is 11.5. The molecule has 0 unspecified atom stereocenters. The number of halogens is 1. The van der Waals surface area contributed by atoms with Gasteiger partial charge in [0.25, 0.3) is 6.01 Å². The molecule has 1 heterocycles. The number of ether oxygens (including phenoxy) is 2. The van der Waals surface area contributed by atoms with Crippen molar-refractivity contribution in [3.8, 4) is 5.75 Å². The van der Waals surface area contributed by atoms with E-state index >= 15 is 0 Å². The number of aryl methyl sites for hydroxylation is 1. The molecular formula is C14H15ClN2O4. The minimum Gasteiger partial charge on any atom is -0.495 e. The summed E-state index contributed by atoms with van der Waals surface area (Å²) in [7, 11) is 1.53. The Hall–Kier alpha value is -2.21. The third-order valence-electron chi connectivity index (χ3n) is 2.71. The first kappa shape index (κ1) is 15.2. The number of nitrogens with zero attached hydrogens (tertiary/aromatic N) is 1. The summed E-state index contributed by atoms with van der Waals surface area (Å²) in [6.07, 6.45) is 1.23. The Labute approximate surface area is 127 Å². The van der Waals surface area contributed by atoms with E-state index in [1.165, 1.54) is 13.4 Å². The minimum atomic E-state index is -0.534. The molecule has 2 aromatic rings. The van der Waals surface area contributed by atoms with Gasteiger partial charge >= 0.3 is 5.97 Å². The van der Waals surface area contributed by atoms with Crippen LogP contribution in [0.15, 0.2) is 22.8 Å². The molecule has 0 saturated heterocycles. The molecule has 21 heavy (non-hydrogen) atoms. The Morgan fingerprint density at radius 2 is 2.24 bits per heavy atom. The second-order valence-electron chi connectivity index (χ2n) is 4.19. The predicted molar refractivity (Wildman–Crippen MR) is 78.5 cm³/mol. The number of methoxy groups -OCH3 is 1. The molecule has 1 aromatic heterocycles. The van der Waals surface area contributed by atoms with Gasteiger partial charge in [-0.1, -0.05) is 11.6 Å². The van der Waals surface area contributed by atoms with Crippen LogP contribution in [0.4, 0.5) is 11.7 Å². The molecule has 0 spiro atoms. The van der Waals surface area contributed by atoms with E-state index in [1.54, 1.807) is 19.1 Å².